The van der Waals surface area contributed by atoms with Gasteiger partial charge >= 0.3 is 6.09 Å². The van der Waals surface area contributed by atoms with Crippen LogP contribution in [0.15, 0.2) is 24.3 Å². The molecule has 1 aromatic carbocycles. The first-order chi connectivity index (χ1) is 12.0. The van der Waals surface area contributed by atoms with Crippen molar-refractivity contribution < 1.29 is 14.3 Å². The molecule has 1 aromatic rings. The Morgan fingerprint density at radius 1 is 1.16 bits per heavy atom. The van der Waals surface area contributed by atoms with Gasteiger partial charge in [0, 0.05) is 31.9 Å². The lowest BCUT2D eigenvalue weighted by Gasteiger charge is -2.33. The first kappa shape index (κ1) is 19.2. The molecule has 6 heteroatoms. The second-order valence-corrected chi connectivity index (χ2v) is 6.41. The lowest BCUT2D eigenvalue weighted by molar-refractivity contribution is -0.117. The molecule has 1 N–H and O–H groups in total. The normalized spacial score (nSPS) is 16.4. The minimum atomic E-state index is -0.269. The van der Waals surface area contributed by atoms with E-state index in [-0.39, 0.29) is 12.0 Å². The van der Waals surface area contributed by atoms with Crippen LogP contribution in [0.4, 0.5) is 10.5 Å². The second kappa shape index (κ2) is 9.42. The summed E-state index contributed by atoms with van der Waals surface area (Å²) in [5, 5.41) is 3.04. The third kappa shape index (κ3) is 5.46. The van der Waals surface area contributed by atoms with Crippen molar-refractivity contribution in [1.29, 1.82) is 0 Å². The number of carbonyl (C=O) groups is 2. The molecule has 0 unspecified atom stereocenters. The summed E-state index contributed by atoms with van der Waals surface area (Å²) in [6, 6.07) is 7.98. The summed E-state index contributed by atoms with van der Waals surface area (Å²) >= 11 is 0. The van der Waals surface area contributed by atoms with Crippen molar-refractivity contribution in [2.45, 2.75) is 33.1 Å². The van der Waals surface area contributed by atoms with Gasteiger partial charge in [0.05, 0.1) is 13.2 Å². The molecule has 0 spiro atoms. The number of amides is 2. The molecule has 138 valence electrons. The number of anilines is 1. The number of nitrogens with zero attached hydrogens (tertiary/aromatic N) is 2. The molecule has 1 heterocycles. The zero-order chi connectivity index (χ0) is 18.2. The van der Waals surface area contributed by atoms with E-state index < -0.39 is 0 Å². The van der Waals surface area contributed by atoms with Gasteiger partial charge in [0.15, 0.2) is 0 Å². The predicted molar refractivity (Wildman–Crippen MR) is 98.8 cm³/mol. The van der Waals surface area contributed by atoms with Gasteiger partial charge in [-0.2, -0.15) is 0 Å². The average molecular weight is 347 g/mol. The highest BCUT2D eigenvalue weighted by Crippen LogP contribution is 2.26. The molecule has 25 heavy (non-hydrogen) atoms. The topological polar surface area (TPSA) is 61.9 Å². The van der Waals surface area contributed by atoms with Crippen LogP contribution in [-0.2, 0) is 9.53 Å². The molecule has 0 saturated carbocycles. The molecule has 1 saturated heterocycles. The fraction of sp³-hybridized carbons (Fsp3) is 0.579. The van der Waals surface area contributed by atoms with Gasteiger partial charge in [0.25, 0.3) is 0 Å². The molecule has 0 aliphatic carbocycles. The summed E-state index contributed by atoms with van der Waals surface area (Å²) in [7, 11) is 0. The number of hydrogen-bond acceptors (Lipinski definition) is 4. The summed E-state index contributed by atoms with van der Waals surface area (Å²) in [4.78, 5) is 27.9. The summed E-state index contributed by atoms with van der Waals surface area (Å²) < 4.78 is 5.01. The maximum atomic E-state index is 12.4. The predicted octanol–water partition coefficient (Wildman–Crippen LogP) is 2.91. The average Bonchev–Trinajstić information content (AvgIpc) is 2.62. The van der Waals surface area contributed by atoms with Crippen LogP contribution in [0.25, 0.3) is 0 Å². The number of nitrogens with one attached hydrogen (secondary N) is 1. The molecule has 1 fully saturated rings. The van der Waals surface area contributed by atoms with Gasteiger partial charge < -0.3 is 15.0 Å². The highest BCUT2D eigenvalue weighted by molar-refractivity contribution is 5.93. The van der Waals surface area contributed by atoms with Crippen LogP contribution in [0.3, 0.4) is 0 Å². The monoisotopic (exact) mass is 347 g/mol. The number of piperazine rings is 1. The second-order valence-electron chi connectivity index (χ2n) is 6.41. The van der Waals surface area contributed by atoms with Crippen molar-refractivity contribution in [1.82, 2.24) is 9.80 Å². The van der Waals surface area contributed by atoms with Gasteiger partial charge in [-0.05, 0) is 30.9 Å². The molecule has 0 radical (unpaired) electrons. The Morgan fingerprint density at radius 2 is 1.84 bits per heavy atom. The van der Waals surface area contributed by atoms with Crippen molar-refractivity contribution in [3.05, 3.63) is 29.8 Å². The van der Waals surface area contributed by atoms with E-state index in [2.05, 4.69) is 30.1 Å². The van der Waals surface area contributed by atoms with Gasteiger partial charge in [-0.1, -0.05) is 32.0 Å². The highest BCUT2D eigenvalue weighted by atomic mass is 16.6. The lowest BCUT2D eigenvalue weighted by Crippen LogP contribution is -2.50. The molecule has 6 nitrogen and oxygen atoms in total. The first-order valence-electron chi connectivity index (χ1n) is 9.08. The Bertz CT molecular complexity index is 583. The number of benzene rings is 1. The summed E-state index contributed by atoms with van der Waals surface area (Å²) in [6.07, 6.45) is 0.761. The minimum absolute atomic E-state index is 0.0136. The highest BCUT2D eigenvalue weighted by Gasteiger charge is 2.23. The Labute approximate surface area is 150 Å². The molecule has 1 atom stereocenters. The van der Waals surface area contributed by atoms with Crippen molar-refractivity contribution >= 4 is 17.7 Å². The van der Waals surface area contributed by atoms with E-state index in [1.807, 2.05) is 18.2 Å². The smallest absolute Gasteiger partial charge is 0.409 e. The molecule has 2 rings (SSSR count). The Hall–Kier alpha value is -2.08. The molecular weight excluding hydrogens is 318 g/mol. The molecule has 0 bridgehead atoms. The van der Waals surface area contributed by atoms with Crippen LogP contribution < -0.4 is 5.32 Å². The van der Waals surface area contributed by atoms with E-state index >= 15 is 0 Å². The molecule has 0 aromatic heterocycles. The summed E-state index contributed by atoms with van der Waals surface area (Å²) in [5.74, 6) is 0.393. The van der Waals surface area contributed by atoms with Gasteiger partial charge in [-0.3, -0.25) is 9.69 Å². The van der Waals surface area contributed by atoms with Gasteiger partial charge in [0.1, 0.15) is 0 Å². The largest absolute Gasteiger partial charge is 0.450 e. The van der Waals surface area contributed by atoms with Gasteiger partial charge in [-0.15, -0.1) is 0 Å². The minimum Gasteiger partial charge on any atom is -0.450 e. The Balaban J connectivity index is 1.85. The number of ether oxygens (including phenoxy) is 1. The van der Waals surface area contributed by atoms with E-state index in [1.54, 1.807) is 11.8 Å². The summed E-state index contributed by atoms with van der Waals surface area (Å²) in [5.41, 5.74) is 2.07. The fourth-order valence-electron chi connectivity index (χ4n) is 2.96. The van der Waals surface area contributed by atoms with Gasteiger partial charge in [0.2, 0.25) is 5.91 Å². The van der Waals surface area contributed by atoms with Crippen LogP contribution in [-0.4, -0.2) is 61.1 Å². The maximum Gasteiger partial charge on any atom is 0.409 e. The quantitative estimate of drug-likeness (QED) is 0.859. The SMILES string of the molecule is CCOC(=O)N1CCN(CC(=O)Nc2ccccc2[C@@H](C)CC)CC1. The number of hydrogen-bond donors (Lipinski definition) is 1. The van der Waals surface area contributed by atoms with Crippen LogP contribution in [0.2, 0.25) is 0 Å². The van der Waals surface area contributed by atoms with Gasteiger partial charge in [-0.25, -0.2) is 4.79 Å². The van der Waals surface area contributed by atoms with Crippen molar-refractivity contribution in [2.24, 2.45) is 0 Å². The van der Waals surface area contributed by atoms with E-state index in [0.717, 1.165) is 12.1 Å². The molecule has 2 amide bonds. The van der Waals surface area contributed by atoms with E-state index in [1.165, 1.54) is 5.56 Å². The van der Waals surface area contributed by atoms with Crippen LogP contribution in [0.1, 0.15) is 38.7 Å². The van der Waals surface area contributed by atoms with Crippen molar-refractivity contribution in [3.63, 3.8) is 0 Å². The molecular formula is C19H29N3O3. The maximum absolute atomic E-state index is 12.4. The summed E-state index contributed by atoms with van der Waals surface area (Å²) in [6.45, 7) is 9.38. The van der Waals surface area contributed by atoms with E-state index in [4.69, 9.17) is 4.74 Å². The van der Waals surface area contributed by atoms with E-state index in [0.29, 0.717) is 45.2 Å². The molecule has 1 aliphatic rings. The first-order valence-corrected chi connectivity index (χ1v) is 9.08. The Kier molecular flexibility index (Phi) is 7.25. The number of para-hydroxylation sites is 1. The Morgan fingerprint density at radius 3 is 2.48 bits per heavy atom. The van der Waals surface area contributed by atoms with Crippen molar-refractivity contribution in [2.75, 3.05) is 44.6 Å². The van der Waals surface area contributed by atoms with Crippen LogP contribution in [0, 0.1) is 0 Å². The molecule has 1 aliphatic heterocycles. The lowest BCUT2D eigenvalue weighted by atomic mass is 9.97. The van der Waals surface area contributed by atoms with Crippen LogP contribution in [0.5, 0.6) is 0 Å². The number of carbonyl (C=O) groups excluding carboxylic acids is 2. The van der Waals surface area contributed by atoms with Crippen LogP contribution >= 0.6 is 0 Å². The zero-order valence-electron chi connectivity index (χ0n) is 15.5. The third-order valence-electron chi connectivity index (χ3n) is 4.64. The fourth-order valence-corrected chi connectivity index (χ4v) is 2.96. The van der Waals surface area contributed by atoms with E-state index in [9.17, 15) is 9.59 Å². The zero-order valence-corrected chi connectivity index (χ0v) is 15.5. The third-order valence-corrected chi connectivity index (χ3v) is 4.64. The standard InChI is InChI=1S/C19H29N3O3/c1-4-15(3)16-8-6-7-9-17(16)20-18(23)14-21-10-12-22(13-11-21)19(24)25-5-2/h6-9,15H,4-5,10-14H2,1-3H3,(H,20,23)/t15-/m0/s1. The number of rotatable bonds is 6. The van der Waals surface area contributed by atoms with Crippen molar-refractivity contribution in [3.8, 4) is 0 Å².